The van der Waals surface area contributed by atoms with E-state index in [1.54, 1.807) is 48.5 Å². The molecule has 2 aliphatic heterocycles. The number of methoxy groups -OCH3 is 2. The molecule has 0 saturated carbocycles. The van der Waals surface area contributed by atoms with Gasteiger partial charge in [0.2, 0.25) is 23.6 Å². The van der Waals surface area contributed by atoms with Gasteiger partial charge in [0.1, 0.15) is 35.7 Å². The zero-order valence-corrected chi connectivity index (χ0v) is 35.2. The fraction of sp³-hybridized carbons (Fsp3) is 0.362. The molecule has 0 unspecified atom stereocenters. The predicted molar refractivity (Wildman–Crippen MR) is 229 cm³/mol. The number of aryl methyl sites for hydroxylation is 1. The maximum atomic E-state index is 14.4. The number of carboxylic acid groups (broad SMARTS) is 1. The average Bonchev–Trinajstić information content (AvgIpc) is 3.76. The minimum Gasteiger partial charge on any atom is -0.496 e. The van der Waals surface area contributed by atoms with Crippen LogP contribution in [0, 0.1) is 0 Å². The molecule has 4 N–H and O–H groups in total. The second kappa shape index (κ2) is 19.6. The molecule has 0 radical (unpaired) electrons. The van der Waals surface area contributed by atoms with Gasteiger partial charge in [-0.25, -0.2) is 4.79 Å². The van der Waals surface area contributed by atoms with Crippen LogP contribution in [0.5, 0.6) is 11.5 Å². The van der Waals surface area contributed by atoms with Crippen molar-refractivity contribution in [3.63, 3.8) is 0 Å². The lowest BCUT2D eigenvalue weighted by molar-refractivity contribution is -0.147. The predicted octanol–water partition coefficient (Wildman–Crippen LogP) is 4.93. The summed E-state index contributed by atoms with van der Waals surface area (Å²) in [5, 5.41) is 18.0. The summed E-state index contributed by atoms with van der Waals surface area (Å²) < 4.78 is 11.4. The summed E-state index contributed by atoms with van der Waals surface area (Å²) in [5.41, 5.74) is 5.82. The first-order chi connectivity index (χ1) is 29.3. The van der Waals surface area contributed by atoms with E-state index in [0.717, 1.165) is 24.0 Å². The first-order valence-corrected chi connectivity index (χ1v) is 20.6. The number of likely N-dealkylation sites (tertiary alicyclic amines) is 1. The number of carbonyl (C=O) groups excluding carboxylic acids is 5. The number of benzene rings is 4. The molecular weight excluding hydrogens is 779 g/mol. The van der Waals surface area contributed by atoms with E-state index in [-0.39, 0.29) is 31.2 Å². The van der Waals surface area contributed by atoms with Gasteiger partial charge in [0.25, 0.3) is 5.91 Å². The Kier molecular flexibility index (Phi) is 14.1. The molecule has 0 aliphatic carbocycles. The van der Waals surface area contributed by atoms with Crippen molar-refractivity contribution in [2.75, 3.05) is 34.4 Å². The van der Waals surface area contributed by atoms with E-state index in [9.17, 15) is 33.9 Å². The molecule has 61 heavy (non-hydrogen) atoms. The van der Waals surface area contributed by atoms with E-state index in [0.29, 0.717) is 58.7 Å². The number of carbonyl (C=O) groups is 6. The number of amides is 5. The Morgan fingerprint density at radius 2 is 1.49 bits per heavy atom. The Morgan fingerprint density at radius 1 is 0.852 bits per heavy atom. The van der Waals surface area contributed by atoms with Crippen LogP contribution in [0.25, 0.3) is 22.3 Å². The van der Waals surface area contributed by atoms with Crippen molar-refractivity contribution in [2.24, 2.45) is 0 Å². The van der Waals surface area contributed by atoms with Crippen molar-refractivity contribution in [1.82, 2.24) is 25.8 Å². The average molecular weight is 832 g/mol. The van der Waals surface area contributed by atoms with Gasteiger partial charge in [0, 0.05) is 49.7 Å². The molecule has 0 aromatic heterocycles. The van der Waals surface area contributed by atoms with Crippen molar-refractivity contribution in [1.29, 1.82) is 0 Å². The number of hydrogen-bond donors (Lipinski definition) is 4. The number of rotatable bonds is 12. The van der Waals surface area contributed by atoms with Gasteiger partial charge >= 0.3 is 5.97 Å². The number of ether oxygens (including phenoxy) is 2. The highest BCUT2D eigenvalue weighted by Crippen LogP contribution is 2.40. The molecule has 4 atom stereocenters. The molecular formula is C47H53N5O9. The fourth-order valence-corrected chi connectivity index (χ4v) is 8.02. The summed E-state index contributed by atoms with van der Waals surface area (Å²) >= 11 is 0. The standard InChI is InChI=1S/C47H53N5O9/c1-6-8-29-10-13-31(14-11-29)32-15-17-33(18-16-32)44(55)48-23-22-41(53)52-24-7-9-38(52)46(57)51(3)42-34-19-21-40(61-5)36(27-34)35-25-30(12-20-39(35)60-4)26-37(47(58)59)50-43(54)28(2)49-45(42)56/h10-21,25,27-28,37-38,42H,6-9,22-24,26H2,1-5H3,(H,48,55)(H,49,56)(H,50,54)(H,58,59)/t28-,37+,38+,42+/m0/s1. The van der Waals surface area contributed by atoms with Crippen molar-refractivity contribution in [3.8, 4) is 33.8 Å². The van der Waals surface area contributed by atoms with E-state index in [1.807, 2.05) is 12.1 Å². The molecule has 2 aliphatic rings. The van der Waals surface area contributed by atoms with Gasteiger partial charge in [-0.2, -0.15) is 0 Å². The van der Waals surface area contributed by atoms with Crippen LogP contribution in [0.3, 0.4) is 0 Å². The second-order valence-corrected chi connectivity index (χ2v) is 15.5. The van der Waals surface area contributed by atoms with Gasteiger partial charge < -0.3 is 40.3 Å². The highest BCUT2D eigenvalue weighted by Gasteiger charge is 2.40. The molecule has 14 nitrogen and oxygen atoms in total. The molecule has 320 valence electrons. The SMILES string of the molecule is CCCc1ccc(-c2ccc(C(=O)NCCC(=O)N3CCC[C@@H]3C(=O)N(C)[C@H]3C(=O)N[C@@H](C)C(=O)N[C@@H](C(=O)O)Cc4ccc(OC)c(c4)-c4cc3ccc4OC)cc2)cc1. The van der Waals surface area contributed by atoms with Gasteiger partial charge in [-0.15, -0.1) is 0 Å². The highest BCUT2D eigenvalue weighted by atomic mass is 16.5. The van der Waals surface area contributed by atoms with Gasteiger partial charge in [0.05, 0.1) is 14.2 Å². The normalized spacial score (nSPS) is 18.9. The molecule has 1 fully saturated rings. The third-order valence-electron chi connectivity index (χ3n) is 11.3. The van der Waals surface area contributed by atoms with E-state index in [4.69, 9.17) is 9.47 Å². The maximum absolute atomic E-state index is 14.4. The summed E-state index contributed by atoms with van der Waals surface area (Å²) in [6.45, 7) is 3.95. The van der Waals surface area contributed by atoms with Crippen LogP contribution >= 0.6 is 0 Å². The summed E-state index contributed by atoms with van der Waals surface area (Å²) in [6.07, 6.45) is 2.91. The minimum absolute atomic E-state index is 0.0436. The third kappa shape index (κ3) is 10.0. The number of hydrogen-bond acceptors (Lipinski definition) is 8. The third-order valence-corrected chi connectivity index (χ3v) is 11.3. The molecule has 6 rings (SSSR count). The lowest BCUT2D eigenvalue weighted by atomic mass is 9.93. The van der Waals surface area contributed by atoms with Gasteiger partial charge in [0.15, 0.2) is 0 Å². The lowest BCUT2D eigenvalue weighted by Crippen LogP contribution is -2.54. The molecule has 0 spiro atoms. The summed E-state index contributed by atoms with van der Waals surface area (Å²) in [7, 11) is 4.46. The number of nitrogens with one attached hydrogen (secondary N) is 3. The van der Waals surface area contributed by atoms with Gasteiger partial charge in [-0.1, -0.05) is 61.9 Å². The molecule has 4 bridgehead atoms. The minimum atomic E-state index is -1.31. The molecule has 1 saturated heterocycles. The Hall–Kier alpha value is -6.70. The van der Waals surface area contributed by atoms with Crippen molar-refractivity contribution in [2.45, 2.75) is 76.5 Å². The Bertz CT molecular complexity index is 2280. The van der Waals surface area contributed by atoms with Crippen LogP contribution in [0.2, 0.25) is 0 Å². The number of carboxylic acids is 1. The largest absolute Gasteiger partial charge is 0.496 e. The zero-order chi connectivity index (χ0) is 43.8. The molecule has 4 aromatic carbocycles. The molecule has 14 heteroatoms. The quantitative estimate of drug-likeness (QED) is 0.154. The molecule has 5 amide bonds. The first kappa shape index (κ1) is 43.9. The summed E-state index contributed by atoms with van der Waals surface area (Å²) in [5.74, 6) is -2.94. The van der Waals surface area contributed by atoms with Gasteiger partial charge in [-0.3, -0.25) is 24.0 Å². The number of likely N-dealkylation sites (N-methyl/N-ethyl adjacent to an activating group) is 1. The van der Waals surface area contributed by atoms with Crippen LogP contribution in [-0.2, 0) is 36.8 Å². The Morgan fingerprint density at radius 3 is 2.13 bits per heavy atom. The maximum Gasteiger partial charge on any atom is 0.326 e. The zero-order valence-electron chi connectivity index (χ0n) is 35.2. The van der Waals surface area contributed by atoms with Crippen molar-refractivity contribution in [3.05, 3.63) is 107 Å². The smallest absolute Gasteiger partial charge is 0.326 e. The van der Waals surface area contributed by atoms with E-state index < -0.39 is 47.9 Å². The number of fused-ring (bicyclic) bond motifs is 5. The van der Waals surface area contributed by atoms with Gasteiger partial charge in [-0.05, 0) is 90.4 Å². The van der Waals surface area contributed by atoms with Crippen LogP contribution in [0.4, 0.5) is 0 Å². The monoisotopic (exact) mass is 831 g/mol. The van der Waals surface area contributed by atoms with Crippen LogP contribution in [0.1, 0.15) is 72.6 Å². The Labute approximate surface area is 355 Å². The molecule has 4 aromatic rings. The van der Waals surface area contributed by atoms with E-state index in [1.165, 1.54) is 43.6 Å². The summed E-state index contributed by atoms with van der Waals surface area (Å²) in [6, 6.07) is 21.2. The van der Waals surface area contributed by atoms with Crippen molar-refractivity contribution >= 4 is 35.5 Å². The fourth-order valence-electron chi connectivity index (χ4n) is 8.02. The topological polar surface area (TPSA) is 184 Å². The summed E-state index contributed by atoms with van der Waals surface area (Å²) in [4.78, 5) is 83.7. The van der Waals surface area contributed by atoms with Crippen LogP contribution in [-0.4, -0.2) is 103 Å². The molecule has 2 heterocycles. The van der Waals surface area contributed by atoms with E-state index >= 15 is 0 Å². The Balaban J connectivity index is 1.19. The number of aliphatic carboxylic acids is 1. The second-order valence-electron chi connectivity index (χ2n) is 15.5. The first-order valence-electron chi connectivity index (χ1n) is 20.6. The lowest BCUT2D eigenvalue weighted by Gasteiger charge is -2.34. The highest BCUT2D eigenvalue weighted by molar-refractivity contribution is 5.97. The van der Waals surface area contributed by atoms with Crippen molar-refractivity contribution < 1.29 is 43.3 Å². The number of nitrogens with zero attached hydrogens (tertiary/aromatic N) is 2. The van der Waals surface area contributed by atoms with Crippen LogP contribution in [0.15, 0.2) is 84.9 Å². The van der Waals surface area contributed by atoms with E-state index in [2.05, 4.69) is 47.1 Å². The van der Waals surface area contributed by atoms with Crippen LogP contribution < -0.4 is 25.4 Å².